The molecule has 1 saturated carbocycles. The zero-order chi connectivity index (χ0) is 19.9. The van der Waals surface area contributed by atoms with Gasteiger partial charge < -0.3 is 10.1 Å². The van der Waals surface area contributed by atoms with Gasteiger partial charge in [-0.15, -0.1) is 0 Å². The zero-order valence-corrected chi connectivity index (χ0v) is 17.4. The molecule has 1 saturated heterocycles. The molecule has 1 N–H and O–H groups in total. The van der Waals surface area contributed by atoms with E-state index in [-0.39, 0.29) is 29.6 Å². The van der Waals surface area contributed by atoms with Crippen molar-refractivity contribution in [3.8, 4) is 0 Å². The normalized spacial score (nSPS) is 32.9. The van der Waals surface area contributed by atoms with E-state index >= 15 is 0 Å². The Bertz CT molecular complexity index is 859. The third-order valence-corrected chi connectivity index (χ3v) is 6.78. The number of nitrogens with zero attached hydrogens (tertiary/aromatic N) is 1. The summed E-state index contributed by atoms with van der Waals surface area (Å²) < 4.78 is 6.71. The fourth-order valence-corrected chi connectivity index (χ4v) is 5.16. The molecule has 4 nitrogen and oxygen atoms in total. The molecule has 4 heteroatoms. The molecule has 4 rings (SSSR count). The molecule has 2 heterocycles. The van der Waals surface area contributed by atoms with Crippen LogP contribution in [0.4, 0.5) is 0 Å². The number of carbonyl (C=O) groups is 1. The highest BCUT2D eigenvalue weighted by molar-refractivity contribution is 5.82. The van der Waals surface area contributed by atoms with Gasteiger partial charge >= 0.3 is 0 Å². The number of hydrogen-bond donors (Lipinski definition) is 1. The molecular formula is C24H32N2O2. The minimum absolute atomic E-state index is 0.0131. The Kier molecular flexibility index (Phi) is 5.17. The average Bonchev–Trinajstić information content (AvgIpc) is 2.66. The van der Waals surface area contributed by atoms with Crippen LogP contribution in [0.1, 0.15) is 65.0 Å². The molecule has 1 aromatic heterocycles. The van der Waals surface area contributed by atoms with Gasteiger partial charge in [0.25, 0.3) is 0 Å². The summed E-state index contributed by atoms with van der Waals surface area (Å²) in [6, 6.07) is 10.4. The number of fused-ring (bicyclic) bond motifs is 2. The Labute approximate surface area is 168 Å². The van der Waals surface area contributed by atoms with Crippen LogP contribution < -0.4 is 5.32 Å². The molecule has 0 unspecified atom stereocenters. The first-order valence-electron chi connectivity index (χ1n) is 10.7. The molecule has 1 amide bonds. The molecule has 0 bridgehead atoms. The van der Waals surface area contributed by atoms with Crippen LogP contribution in [-0.2, 0) is 9.53 Å². The van der Waals surface area contributed by atoms with Crippen molar-refractivity contribution in [1.82, 2.24) is 10.3 Å². The number of benzene rings is 1. The molecule has 28 heavy (non-hydrogen) atoms. The lowest BCUT2D eigenvalue weighted by atomic mass is 9.66. The number of pyridine rings is 1. The Balaban J connectivity index is 1.71. The molecule has 2 fully saturated rings. The van der Waals surface area contributed by atoms with Gasteiger partial charge in [-0.1, -0.05) is 45.4 Å². The average molecular weight is 381 g/mol. The molecule has 1 aliphatic carbocycles. The summed E-state index contributed by atoms with van der Waals surface area (Å²) in [5, 5.41) is 4.57. The Morgan fingerprint density at radius 1 is 1.25 bits per heavy atom. The van der Waals surface area contributed by atoms with E-state index in [1.807, 2.05) is 32.2 Å². The minimum Gasteiger partial charge on any atom is -0.370 e. The van der Waals surface area contributed by atoms with Crippen LogP contribution in [0.2, 0.25) is 0 Å². The van der Waals surface area contributed by atoms with Crippen molar-refractivity contribution >= 4 is 16.8 Å². The molecule has 1 aromatic carbocycles. The largest absolute Gasteiger partial charge is 0.370 e. The monoisotopic (exact) mass is 380 g/mol. The molecular weight excluding hydrogens is 348 g/mol. The second kappa shape index (κ2) is 7.47. The topological polar surface area (TPSA) is 51.2 Å². The summed E-state index contributed by atoms with van der Waals surface area (Å²) in [6.07, 6.45) is 6.18. The number of aromatic nitrogens is 1. The van der Waals surface area contributed by atoms with E-state index in [2.05, 4.69) is 42.3 Å². The van der Waals surface area contributed by atoms with Gasteiger partial charge in [0.15, 0.2) is 0 Å². The van der Waals surface area contributed by atoms with E-state index in [1.165, 1.54) is 12.0 Å². The predicted molar refractivity (Wildman–Crippen MR) is 112 cm³/mol. The molecule has 0 spiro atoms. The van der Waals surface area contributed by atoms with Crippen LogP contribution >= 0.6 is 0 Å². The maximum atomic E-state index is 12.6. The Morgan fingerprint density at radius 2 is 2.07 bits per heavy atom. The van der Waals surface area contributed by atoms with Gasteiger partial charge in [0.05, 0.1) is 17.7 Å². The van der Waals surface area contributed by atoms with Gasteiger partial charge in [0, 0.05) is 35.4 Å². The number of amides is 1. The fraction of sp³-hybridized carbons (Fsp3) is 0.583. The van der Waals surface area contributed by atoms with Gasteiger partial charge in [0.2, 0.25) is 5.91 Å². The number of hydrogen-bond acceptors (Lipinski definition) is 3. The summed E-state index contributed by atoms with van der Waals surface area (Å²) >= 11 is 0. The first-order valence-corrected chi connectivity index (χ1v) is 10.7. The standard InChI is InChI=1S/C24H32N2O2/c1-15(2)23(27)26-24(4)14-22(28-21-13-16(3)10-11-19(21)24)18-7-5-9-20-17(18)8-6-12-25-20/h5-9,12,15-16,19,21-22H,10-11,13-14H2,1-4H3,(H,26,27)/t16-,19-,21-,22-,24-/m1/s1. The SMILES string of the molecule is CC(C)C(=O)N[C@]1(C)C[C@H](c2cccc3ncccc23)O[C@@H]2C[C@H](C)CC[C@H]21. The van der Waals surface area contributed by atoms with Crippen molar-refractivity contribution in [2.24, 2.45) is 17.8 Å². The molecule has 2 aliphatic rings. The van der Waals surface area contributed by atoms with Crippen LogP contribution in [0.25, 0.3) is 10.9 Å². The Morgan fingerprint density at radius 3 is 2.86 bits per heavy atom. The molecule has 2 aromatic rings. The molecule has 150 valence electrons. The number of rotatable bonds is 3. The third kappa shape index (κ3) is 3.55. The van der Waals surface area contributed by atoms with E-state index < -0.39 is 0 Å². The first kappa shape index (κ1) is 19.4. The van der Waals surface area contributed by atoms with Crippen molar-refractivity contribution < 1.29 is 9.53 Å². The van der Waals surface area contributed by atoms with E-state index in [0.29, 0.717) is 11.8 Å². The minimum atomic E-state index is -0.251. The highest BCUT2D eigenvalue weighted by Gasteiger charge is 2.49. The Hall–Kier alpha value is -1.94. The summed E-state index contributed by atoms with van der Waals surface area (Å²) in [5.74, 6) is 1.16. The molecule has 1 aliphatic heterocycles. The lowest BCUT2D eigenvalue weighted by Gasteiger charge is -2.52. The fourth-order valence-electron chi connectivity index (χ4n) is 5.16. The highest BCUT2D eigenvalue weighted by atomic mass is 16.5. The van der Waals surface area contributed by atoms with Crippen molar-refractivity contribution in [3.63, 3.8) is 0 Å². The van der Waals surface area contributed by atoms with E-state index in [9.17, 15) is 4.79 Å². The van der Waals surface area contributed by atoms with Gasteiger partial charge in [-0.2, -0.15) is 0 Å². The van der Waals surface area contributed by atoms with E-state index in [4.69, 9.17) is 4.74 Å². The lowest BCUT2D eigenvalue weighted by Crippen LogP contribution is -2.61. The molecule has 0 radical (unpaired) electrons. The van der Waals surface area contributed by atoms with Crippen LogP contribution in [0.5, 0.6) is 0 Å². The van der Waals surface area contributed by atoms with Gasteiger partial charge in [0.1, 0.15) is 0 Å². The summed E-state index contributed by atoms with van der Waals surface area (Å²) in [6.45, 7) is 8.48. The van der Waals surface area contributed by atoms with Crippen LogP contribution in [0.3, 0.4) is 0 Å². The highest BCUT2D eigenvalue weighted by Crippen LogP contribution is 2.48. The van der Waals surface area contributed by atoms with Crippen molar-refractivity contribution in [1.29, 1.82) is 0 Å². The smallest absolute Gasteiger partial charge is 0.222 e. The van der Waals surface area contributed by atoms with Crippen LogP contribution in [0, 0.1) is 17.8 Å². The molecule has 5 atom stereocenters. The van der Waals surface area contributed by atoms with Crippen molar-refractivity contribution in [3.05, 3.63) is 42.1 Å². The maximum Gasteiger partial charge on any atom is 0.222 e. The van der Waals surface area contributed by atoms with E-state index in [0.717, 1.165) is 30.2 Å². The van der Waals surface area contributed by atoms with Gasteiger partial charge in [-0.3, -0.25) is 9.78 Å². The third-order valence-electron chi connectivity index (χ3n) is 6.78. The second-order valence-corrected chi connectivity index (χ2v) is 9.37. The lowest BCUT2D eigenvalue weighted by molar-refractivity contribution is -0.154. The number of carbonyl (C=O) groups excluding carboxylic acids is 1. The number of ether oxygens (including phenoxy) is 1. The van der Waals surface area contributed by atoms with Crippen molar-refractivity contribution in [2.75, 3.05) is 0 Å². The summed E-state index contributed by atoms with van der Waals surface area (Å²) in [5.41, 5.74) is 1.93. The van der Waals surface area contributed by atoms with E-state index in [1.54, 1.807) is 0 Å². The van der Waals surface area contributed by atoms with Crippen LogP contribution in [0.15, 0.2) is 36.5 Å². The summed E-state index contributed by atoms with van der Waals surface area (Å²) in [4.78, 5) is 17.2. The second-order valence-electron chi connectivity index (χ2n) is 9.37. The van der Waals surface area contributed by atoms with Crippen LogP contribution in [-0.4, -0.2) is 22.5 Å². The number of nitrogens with one attached hydrogen (secondary N) is 1. The predicted octanol–water partition coefficient (Wildman–Crippen LogP) is 5.03. The zero-order valence-electron chi connectivity index (χ0n) is 17.4. The summed E-state index contributed by atoms with van der Waals surface area (Å²) in [7, 11) is 0. The quantitative estimate of drug-likeness (QED) is 0.812. The van der Waals surface area contributed by atoms with Gasteiger partial charge in [-0.05, 0) is 43.4 Å². The first-order chi connectivity index (χ1) is 13.4. The van der Waals surface area contributed by atoms with Crippen molar-refractivity contribution in [2.45, 2.75) is 71.1 Å². The maximum absolute atomic E-state index is 12.6. The van der Waals surface area contributed by atoms with Gasteiger partial charge in [-0.25, -0.2) is 0 Å².